The number of hydrogen-bond donors (Lipinski definition) is 2. The Balaban J connectivity index is 0.000000563. The molecule has 0 saturated heterocycles. The van der Waals surface area contributed by atoms with E-state index in [4.69, 9.17) is 23.2 Å². The number of nitrogens with zero attached hydrogens (tertiary/aromatic N) is 2. The van der Waals surface area contributed by atoms with E-state index in [2.05, 4.69) is 23.5 Å². The number of aliphatic imine (C=N–C) groups is 1. The van der Waals surface area contributed by atoms with Crippen LogP contribution < -0.4 is 5.32 Å². The third kappa shape index (κ3) is 14.6. The molecule has 3 unspecified atom stereocenters. The van der Waals surface area contributed by atoms with Gasteiger partial charge in [-0.2, -0.15) is 0 Å². The number of rotatable bonds is 8. The maximum Gasteiger partial charge on any atom is 0.0852 e. The predicted octanol–water partition coefficient (Wildman–Crippen LogP) is 6.81. The highest BCUT2D eigenvalue weighted by atomic mass is 35.5. The summed E-state index contributed by atoms with van der Waals surface area (Å²) in [6, 6.07) is 7.88. The molecule has 1 aliphatic carbocycles. The number of halogens is 2. The van der Waals surface area contributed by atoms with Crippen molar-refractivity contribution < 1.29 is 5.11 Å². The van der Waals surface area contributed by atoms with Crippen LogP contribution in [0.5, 0.6) is 0 Å². The molecule has 0 spiro atoms. The van der Waals surface area contributed by atoms with Crippen molar-refractivity contribution in [2.24, 2.45) is 10.9 Å². The second-order valence-electron chi connectivity index (χ2n) is 8.66. The Kier molecular flexibility index (Phi) is 16.1. The summed E-state index contributed by atoms with van der Waals surface area (Å²) in [7, 11) is 3.88. The summed E-state index contributed by atoms with van der Waals surface area (Å²) in [5, 5.41) is 13.6. The third-order valence-electron chi connectivity index (χ3n) is 4.61. The maximum absolute atomic E-state index is 10.0. The van der Waals surface area contributed by atoms with Crippen LogP contribution in [0.4, 0.5) is 0 Å². The molecule has 1 aliphatic rings. The van der Waals surface area contributed by atoms with Gasteiger partial charge in [-0.1, -0.05) is 42.5 Å². The van der Waals surface area contributed by atoms with Crippen LogP contribution in [0.1, 0.15) is 27.7 Å². The van der Waals surface area contributed by atoms with Crippen LogP contribution in [0.15, 0.2) is 82.9 Å². The van der Waals surface area contributed by atoms with Crippen molar-refractivity contribution >= 4 is 41.3 Å². The van der Waals surface area contributed by atoms with E-state index < -0.39 is 5.60 Å². The summed E-state index contributed by atoms with van der Waals surface area (Å²) >= 11 is 13.7. The first-order chi connectivity index (χ1) is 15.8. The minimum atomic E-state index is -0.804. The van der Waals surface area contributed by atoms with Gasteiger partial charge in [-0.05, 0) is 63.8 Å². The molecule has 0 saturated carbocycles. The number of benzene rings is 1. The quantitative estimate of drug-likeness (QED) is 0.128. The second kappa shape index (κ2) is 16.9. The Morgan fingerprint density at radius 3 is 2.29 bits per heavy atom. The first kappa shape index (κ1) is 32.3. The van der Waals surface area contributed by atoms with Gasteiger partial charge in [-0.3, -0.25) is 4.99 Å². The molecule has 1 aromatic rings. The molecule has 0 fully saturated rings. The molecule has 3 atom stereocenters. The van der Waals surface area contributed by atoms with Gasteiger partial charge in [0.1, 0.15) is 0 Å². The van der Waals surface area contributed by atoms with Crippen LogP contribution in [-0.2, 0) is 0 Å². The van der Waals surface area contributed by atoms with E-state index in [9.17, 15) is 5.11 Å². The molecule has 190 valence electrons. The van der Waals surface area contributed by atoms with Gasteiger partial charge in [-0.25, -0.2) is 0 Å². The SMILES string of the molecule is C=CCNC(=C)C.CC(N=CN(C)C)C1=CC(Cl)C(C(C)(C)O)C=C1.CSc1ccc(Cl)cc1. The topological polar surface area (TPSA) is 47.9 Å². The van der Waals surface area contributed by atoms with Gasteiger partial charge in [0, 0.05) is 42.2 Å². The molecule has 34 heavy (non-hydrogen) atoms. The number of allylic oxidation sites excluding steroid dienone is 2. The van der Waals surface area contributed by atoms with Gasteiger partial charge >= 0.3 is 0 Å². The van der Waals surface area contributed by atoms with Crippen LogP contribution in [0, 0.1) is 5.92 Å². The first-order valence-corrected chi connectivity index (χ1v) is 13.1. The zero-order valence-electron chi connectivity index (χ0n) is 21.6. The molecule has 2 N–H and O–H groups in total. The fourth-order valence-corrected chi connectivity index (χ4v) is 3.78. The number of alkyl halides is 1. The van der Waals surface area contributed by atoms with Crippen LogP contribution >= 0.6 is 35.0 Å². The lowest BCUT2D eigenvalue weighted by atomic mass is 9.83. The molecule has 0 amide bonds. The Hall–Kier alpha value is -1.66. The molecule has 0 radical (unpaired) electrons. The van der Waals surface area contributed by atoms with Crippen LogP contribution in [-0.4, -0.2) is 60.3 Å². The van der Waals surface area contributed by atoms with E-state index in [0.717, 1.165) is 22.8 Å². The number of aliphatic hydroxyl groups is 1. The highest BCUT2D eigenvalue weighted by molar-refractivity contribution is 7.98. The summed E-state index contributed by atoms with van der Waals surface area (Å²) in [4.78, 5) is 7.58. The van der Waals surface area contributed by atoms with Crippen molar-refractivity contribution in [3.05, 3.63) is 78.0 Å². The van der Waals surface area contributed by atoms with Gasteiger partial charge < -0.3 is 15.3 Å². The zero-order chi connectivity index (χ0) is 26.3. The standard InChI is InChI=1S/C14H23ClN2O.C7H7ClS.C6H11N/c1-10(16-9-17(4)5)11-6-7-12(13(15)8-11)14(2,3)18;1-9-7-4-2-6(8)3-5-7;1-4-5-7-6(2)3/h6-10,12-13,18H,1-5H3;2-5H,1H3;4,7H,1-2,5H2,3H3. The van der Waals surface area contributed by atoms with E-state index in [0.29, 0.717) is 0 Å². The second-order valence-corrected chi connectivity index (χ2v) is 10.5. The van der Waals surface area contributed by atoms with Crippen molar-refractivity contribution in [1.29, 1.82) is 0 Å². The fraction of sp³-hybridized carbons (Fsp3) is 0.444. The minimum Gasteiger partial charge on any atom is -0.390 e. The Bertz CT molecular complexity index is 827. The number of nitrogens with one attached hydrogen (secondary N) is 1. The third-order valence-corrected chi connectivity index (χ3v) is 6.00. The van der Waals surface area contributed by atoms with E-state index in [1.54, 1.807) is 38.0 Å². The summed E-state index contributed by atoms with van der Waals surface area (Å²) in [6.07, 6.45) is 11.6. The van der Waals surface area contributed by atoms with Crippen LogP contribution in [0.2, 0.25) is 5.02 Å². The van der Waals surface area contributed by atoms with E-state index in [-0.39, 0.29) is 17.3 Å². The summed E-state index contributed by atoms with van der Waals surface area (Å²) in [6.45, 7) is 15.5. The number of thioether (sulfide) groups is 1. The zero-order valence-corrected chi connectivity index (χ0v) is 23.9. The van der Waals surface area contributed by atoms with Crippen LogP contribution in [0.25, 0.3) is 0 Å². The molecular formula is C27H41Cl2N3OS. The normalized spacial score (nSPS) is 18.0. The van der Waals surface area contributed by atoms with Crippen molar-refractivity contribution in [1.82, 2.24) is 10.2 Å². The van der Waals surface area contributed by atoms with Crippen molar-refractivity contribution in [2.75, 3.05) is 26.9 Å². The lowest BCUT2D eigenvalue weighted by molar-refractivity contribution is 0.0388. The van der Waals surface area contributed by atoms with Crippen molar-refractivity contribution in [3.63, 3.8) is 0 Å². The molecule has 1 aromatic carbocycles. The van der Waals surface area contributed by atoms with Gasteiger partial charge in [0.25, 0.3) is 0 Å². The van der Waals surface area contributed by atoms with E-state index in [1.165, 1.54) is 4.90 Å². The average molecular weight is 527 g/mol. The lowest BCUT2D eigenvalue weighted by Gasteiger charge is -2.32. The molecule has 7 heteroatoms. The molecule has 0 bridgehead atoms. The number of hydrogen-bond acceptors (Lipinski definition) is 4. The monoisotopic (exact) mass is 525 g/mol. The predicted molar refractivity (Wildman–Crippen MR) is 155 cm³/mol. The molecule has 4 nitrogen and oxygen atoms in total. The molecule has 0 aliphatic heterocycles. The highest BCUT2D eigenvalue weighted by Crippen LogP contribution is 2.31. The lowest BCUT2D eigenvalue weighted by Crippen LogP contribution is -2.36. The summed E-state index contributed by atoms with van der Waals surface area (Å²) < 4.78 is 0. The fourth-order valence-electron chi connectivity index (χ4n) is 2.70. The Morgan fingerprint density at radius 1 is 1.32 bits per heavy atom. The summed E-state index contributed by atoms with van der Waals surface area (Å²) in [5.74, 6) is -0.0621. The minimum absolute atomic E-state index is 0.0621. The van der Waals surface area contributed by atoms with Gasteiger partial charge in [-0.15, -0.1) is 29.9 Å². The maximum atomic E-state index is 10.0. The molecule has 0 aromatic heterocycles. The van der Waals surface area contributed by atoms with Crippen molar-refractivity contribution in [3.8, 4) is 0 Å². The van der Waals surface area contributed by atoms with E-state index >= 15 is 0 Å². The van der Waals surface area contributed by atoms with Crippen molar-refractivity contribution in [2.45, 2.75) is 49.6 Å². The van der Waals surface area contributed by atoms with Crippen LogP contribution in [0.3, 0.4) is 0 Å². The Labute approximate surface area is 221 Å². The summed E-state index contributed by atoms with van der Waals surface area (Å²) in [5.41, 5.74) is 1.27. The largest absolute Gasteiger partial charge is 0.390 e. The van der Waals surface area contributed by atoms with E-state index in [1.807, 2.05) is 81.6 Å². The molecule has 2 rings (SSSR count). The molecular weight excluding hydrogens is 485 g/mol. The van der Waals surface area contributed by atoms with Gasteiger partial charge in [0.05, 0.1) is 23.4 Å². The average Bonchev–Trinajstić information content (AvgIpc) is 2.76. The smallest absolute Gasteiger partial charge is 0.0852 e. The first-order valence-electron chi connectivity index (χ1n) is 11.1. The molecule has 0 heterocycles. The van der Waals surface area contributed by atoms with Gasteiger partial charge in [0.2, 0.25) is 0 Å². The van der Waals surface area contributed by atoms with Gasteiger partial charge in [0.15, 0.2) is 0 Å². The highest BCUT2D eigenvalue weighted by Gasteiger charge is 2.32. The Morgan fingerprint density at radius 2 is 1.91 bits per heavy atom.